The average Bonchev–Trinajstić information content (AvgIpc) is 2.82. The minimum Gasteiger partial charge on any atom is -0.383 e. The smallest absolute Gasteiger partial charge is 0.258 e. The van der Waals surface area contributed by atoms with Crippen LogP contribution in [0.25, 0.3) is 0 Å². The van der Waals surface area contributed by atoms with E-state index in [0.29, 0.717) is 17.3 Å². The van der Waals surface area contributed by atoms with Crippen LogP contribution in [-0.4, -0.2) is 34.2 Å². The quantitative estimate of drug-likeness (QED) is 0.820. The molecule has 1 aliphatic rings. The van der Waals surface area contributed by atoms with Crippen LogP contribution in [0, 0.1) is 11.8 Å². The van der Waals surface area contributed by atoms with Crippen molar-refractivity contribution in [2.45, 2.75) is 13.3 Å². The summed E-state index contributed by atoms with van der Waals surface area (Å²) < 4.78 is 1.51. The Hall–Kier alpha value is -1.52. The number of nitrogen functional groups attached to an aromatic ring is 1. The molecule has 0 bridgehead atoms. The van der Waals surface area contributed by atoms with Gasteiger partial charge in [-0.15, -0.1) is 0 Å². The van der Waals surface area contributed by atoms with Gasteiger partial charge in [-0.05, 0) is 18.3 Å². The molecule has 1 aliphatic carbocycles. The highest BCUT2D eigenvalue weighted by Gasteiger charge is 2.34. The Bertz CT molecular complexity index is 412. The van der Waals surface area contributed by atoms with Crippen LogP contribution in [-0.2, 0) is 7.05 Å². The van der Waals surface area contributed by atoms with Gasteiger partial charge in [0.1, 0.15) is 11.4 Å². The number of hydrogen-bond donors (Lipinski definition) is 1. The van der Waals surface area contributed by atoms with Crippen molar-refractivity contribution in [1.82, 2.24) is 14.7 Å². The first-order chi connectivity index (χ1) is 7.50. The molecule has 1 amide bonds. The third-order valence-corrected chi connectivity index (χ3v) is 3.35. The first-order valence-electron chi connectivity index (χ1n) is 5.53. The molecule has 1 aromatic rings. The zero-order valence-corrected chi connectivity index (χ0v) is 9.97. The Labute approximate surface area is 95.2 Å². The number of nitrogens with two attached hydrogens (primary N) is 1. The number of amides is 1. The van der Waals surface area contributed by atoms with Gasteiger partial charge in [0.25, 0.3) is 5.91 Å². The molecular weight excluding hydrogens is 204 g/mol. The van der Waals surface area contributed by atoms with Gasteiger partial charge < -0.3 is 10.6 Å². The van der Waals surface area contributed by atoms with Crippen molar-refractivity contribution in [3.8, 4) is 0 Å². The molecule has 1 heterocycles. The van der Waals surface area contributed by atoms with Gasteiger partial charge in [0.2, 0.25) is 0 Å². The molecule has 1 saturated carbocycles. The molecule has 0 saturated heterocycles. The van der Waals surface area contributed by atoms with Gasteiger partial charge >= 0.3 is 0 Å². The number of carbonyl (C=O) groups is 1. The summed E-state index contributed by atoms with van der Waals surface area (Å²) >= 11 is 0. The minimum absolute atomic E-state index is 0.0373. The molecule has 88 valence electrons. The summed E-state index contributed by atoms with van der Waals surface area (Å²) in [5.41, 5.74) is 6.27. The fourth-order valence-electron chi connectivity index (χ4n) is 1.91. The zero-order chi connectivity index (χ0) is 11.9. The highest BCUT2D eigenvalue weighted by Crippen LogP contribution is 2.38. The molecule has 1 fully saturated rings. The van der Waals surface area contributed by atoms with Crippen molar-refractivity contribution in [1.29, 1.82) is 0 Å². The van der Waals surface area contributed by atoms with Crippen LogP contribution in [0.4, 0.5) is 5.82 Å². The van der Waals surface area contributed by atoms with E-state index in [1.807, 2.05) is 7.05 Å². The standard InChI is InChI=1S/C11H18N4O/c1-7-4-8(7)6-14(2)11(16)9-5-13-15(3)10(9)12/h5,7-8H,4,6,12H2,1-3H3. The second kappa shape index (κ2) is 3.81. The normalized spacial score (nSPS) is 23.2. The summed E-state index contributed by atoms with van der Waals surface area (Å²) in [6.07, 6.45) is 2.75. The molecule has 0 aromatic carbocycles. The fraction of sp³-hybridized carbons (Fsp3) is 0.636. The predicted molar refractivity (Wildman–Crippen MR) is 61.9 cm³/mol. The van der Waals surface area contributed by atoms with E-state index in [-0.39, 0.29) is 5.91 Å². The summed E-state index contributed by atoms with van der Waals surface area (Å²) in [6, 6.07) is 0. The van der Waals surface area contributed by atoms with Crippen molar-refractivity contribution in [2.75, 3.05) is 19.3 Å². The van der Waals surface area contributed by atoms with Crippen LogP contribution in [0.15, 0.2) is 6.20 Å². The first-order valence-corrected chi connectivity index (χ1v) is 5.53. The molecule has 16 heavy (non-hydrogen) atoms. The summed E-state index contributed by atoms with van der Waals surface area (Å²) in [5, 5.41) is 3.97. The van der Waals surface area contributed by atoms with E-state index in [1.54, 1.807) is 11.9 Å². The third-order valence-electron chi connectivity index (χ3n) is 3.35. The Morgan fingerprint density at radius 3 is 2.81 bits per heavy atom. The molecule has 0 spiro atoms. The van der Waals surface area contributed by atoms with E-state index in [2.05, 4.69) is 12.0 Å². The van der Waals surface area contributed by atoms with Crippen molar-refractivity contribution in [3.05, 3.63) is 11.8 Å². The van der Waals surface area contributed by atoms with Crippen LogP contribution in [0.1, 0.15) is 23.7 Å². The van der Waals surface area contributed by atoms with Crippen LogP contribution < -0.4 is 5.73 Å². The summed E-state index contributed by atoms with van der Waals surface area (Å²) in [5.74, 6) is 1.80. The van der Waals surface area contributed by atoms with Gasteiger partial charge in [0, 0.05) is 20.6 Å². The molecule has 5 nitrogen and oxygen atoms in total. The minimum atomic E-state index is -0.0373. The van der Waals surface area contributed by atoms with Gasteiger partial charge in [-0.25, -0.2) is 0 Å². The monoisotopic (exact) mass is 222 g/mol. The van der Waals surface area contributed by atoms with Gasteiger partial charge in [-0.3, -0.25) is 9.48 Å². The van der Waals surface area contributed by atoms with E-state index in [9.17, 15) is 4.79 Å². The number of hydrogen-bond acceptors (Lipinski definition) is 3. The fourth-order valence-corrected chi connectivity index (χ4v) is 1.91. The lowest BCUT2D eigenvalue weighted by atomic mass is 10.2. The lowest BCUT2D eigenvalue weighted by Crippen LogP contribution is -2.29. The molecule has 2 atom stereocenters. The predicted octanol–water partition coefficient (Wildman–Crippen LogP) is 0.730. The maximum atomic E-state index is 12.0. The second-order valence-corrected chi connectivity index (χ2v) is 4.73. The Balaban J connectivity index is 2.04. The molecular formula is C11H18N4O. The first kappa shape index (κ1) is 11.0. The van der Waals surface area contributed by atoms with Crippen LogP contribution in [0.2, 0.25) is 0 Å². The van der Waals surface area contributed by atoms with E-state index >= 15 is 0 Å². The van der Waals surface area contributed by atoms with Crippen molar-refractivity contribution in [2.24, 2.45) is 18.9 Å². The molecule has 2 rings (SSSR count). The van der Waals surface area contributed by atoms with Crippen molar-refractivity contribution >= 4 is 11.7 Å². The maximum Gasteiger partial charge on any atom is 0.258 e. The topological polar surface area (TPSA) is 64.2 Å². The van der Waals surface area contributed by atoms with Gasteiger partial charge in [0.15, 0.2) is 0 Å². The van der Waals surface area contributed by atoms with E-state index in [1.165, 1.54) is 17.3 Å². The van der Waals surface area contributed by atoms with E-state index in [4.69, 9.17) is 5.73 Å². The molecule has 0 radical (unpaired) electrons. The molecule has 1 aromatic heterocycles. The molecule has 5 heteroatoms. The van der Waals surface area contributed by atoms with Gasteiger partial charge in [-0.2, -0.15) is 5.10 Å². The van der Waals surface area contributed by atoms with Crippen LogP contribution in [0.5, 0.6) is 0 Å². The number of aryl methyl sites for hydroxylation is 1. The number of anilines is 1. The zero-order valence-electron chi connectivity index (χ0n) is 9.97. The molecule has 2 N–H and O–H groups in total. The number of rotatable bonds is 3. The Morgan fingerprint density at radius 1 is 1.75 bits per heavy atom. The number of aromatic nitrogens is 2. The van der Waals surface area contributed by atoms with Crippen molar-refractivity contribution < 1.29 is 4.79 Å². The number of carbonyl (C=O) groups excluding carboxylic acids is 1. The van der Waals surface area contributed by atoms with Crippen LogP contribution >= 0.6 is 0 Å². The average molecular weight is 222 g/mol. The maximum absolute atomic E-state index is 12.0. The van der Waals surface area contributed by atoms with Crippen molar-refractivity contribution in [3.63, 3.8) is 0 Å². The van der Waals surface area contributed by atoms with Gasteiger partial charge in [0.05, 0.1) is 6.20 Å². The van der Waals surface area contributed by atoms with E-state index in [0.717, 1.165) is 12.5 Å². The summed E-state index contributed by atoms with van der Waals surface area (Å²) in [4.78, 5) is 13.8. The van der Waals surface area contributed by atoms with Gasteiger partial charge in [-0.1, -0.05) is 6.92 Å². The lowest BCUT2D eigenvalue weighted by Gasteiger charge is -2.16. The third kappa shape index (κ3) is 1.89. The Kier molecular flexibility index (Phi) is 2.61. The Morgan fingerprint density at radius 2 is 2.38 bits per heavy atom. The lowest BCUT2D eigenvalue weighted by molar-refractivity contribution is 0.0788. The SMILES string of the molecule is CC1CC1CN(C)C(=O)c1cnn(C)c1N. The largest absolute Gasteiger partial charge is 0.383 e. The number of nitrogens with zero attached hydrogens (tertiary/aromatic N) is 3. The highest BCUT2D eigenvalue weighted by molar-refractivity contribution is 5.98. The molecule has 2 unspecified atom stereocenters. The molecule has 0 aliphatic heterocycles. The van der Waals surface area contributed by atoms with Crippen LogP contribution in [0.3, 0.4) is 0 Å². The van der Waals surface area contributed by atoms with E-state index < -0.39 is 0 Å². The second-order valence-electron chi connectivity index (χ2n) is 4.73. The summed E-state index contributed by atoms with van der Waals surface area (Å²) in [7, 11) is 3.55. The highest BCUT2D eigenvalue weighted by atomic mass is 16.2. The summed E-state index contributed by atoms with van der Waals surface area (Å²) in [6.45, 7) is 3.02.